The number of fused-ring (bicyclic) bond motifs is 2. The number of alkyl carbamates (subject to hydrolysis) is 2. The topological polar surface area (TPSA) is 165 Å². The van der Waals surface area contributed by atoms with Crippen molar-refractivity contribution >= 4 is 12.2 Å². The van der Waals surface area contributed by atoms with Gasteiger partial charge in [0.1, 0.15) is 23.1 Å². The number of benzene rings is 1. The van der Waals surface area contributed by atoms with Gasteiger partial charge >= 0.3 is 12.2 Å². The van der Waals surface area contributed by atoms with E-state index in [1.807, 2.05) is 53.7 Å². The number of hydrogen-bond donors (Lipinski definition) is 5. The summed E-state index contributed by atoms with van der Waals surface area (Å²) >= 11 is 0. The first-order valence-corrected chi connectivity index (χ1v) is 18.0. The van der Waals surface area contributed by atoms with E-state index in [1.54, 1.807) is 0 Å². The lowest BCUT2D eigenvalue weighted by molar-refractivity contribution is -0.214. The summed E-state index contributed by atoms with van der Waals surface area (Å²) in [5, 5.41) is 31.3. The quantitative estimate of drug-likeness (QED) is 0.108. The zero-order chi connectivity index (χ0) is 36.5. The molecular formula is C37H64N2O10. The molecule has 2 aliphatic heterocycles. The Labute approximate surface area is 293 Å². The Morgan fingerprint density at radius 2 is 1.47 bits per heavy atom. The molecule has 3 aliphatic rings. The van der Waals surface area contributed by atoms with Gasteiger partial charge in [-0.05, 0) is 129 Å². The molecule has 12 heteroatoms. The van der Waals surface area contributed by atoms with E-state index in [4.69, 9.17) is 24.2 Å². The van der Waals surface area contributed by atoms with Gasteiger partial charge in [0.25, 0.3) is 0 Å². The maximum absolute atomic E-state index is 11.6. The number of rotatable bonds is 10. The summed E-state index contributed by atoms with van der Waals surface area (Å²) in [6, 6.07) is 6.16. The second-order valence-electron chi connectivity index (χ2n) is 15.1. The molecule has 2 fully saturated rings. The second kappa shape index (κ2) is 21.5. The zero-order valence-electron chi connectivity index (χ0n) is 30.9. The van der Waals surface area contributed by atoms with Crippen LogP contribution in [-0.4, -0.2) is 90.6 Å². The molecule has 1 aliphatic carbocycles. The van der Waals surface area contributed by atoms with Crippen molar-refractivity contribution < 1.29 is 48.9 Å². The minimum absolute atomic E-state index is 0.0248. The summed E-state index contributed by atoms with van der Waals surface area (Å²) in [6.07, 6.45) is 10.8. The number of para-hydroxylation sites is 1. The van der Waals surface area contributed by atoms with Gasteiger partial charge in [0.05, 0.1) is 32.5 Å². The van der Waals surface area contributed by atoms with Crippen LogP contribution in [0.2, 0.25) is 0 Å². The molecule has 3 unspecified atom stereocenters. The third-order valence-electron chi connectivity index (χ3n) is 8.60. The molecule has 0 bridgehead atoms. The number of aliphatic hydroxyl groups is 2. The number of carbonyl (C=O) groups is 2. The fourth-order valence-corrected chi connectivity index (χ4v) is 6.53. The fraction of sp³-hybridized carbons (Fsp3) is 0.784. The average Bonchev–Trinajstić information content (AvgIpc) is 3.03. The van der Waals surface area contributed by atoms with Crippen molar-refractivity contribution in [1.29, 1.82) is 0 Å². The highest BCUT2D eigenvalue weighted by Crippen LogP contribution is 2.40. The maximum Gasteiger partial charge on any atom is 0.407 e. The molecule has 5 N–H and O–H groups in total. The molecule has 1 saturated heterocycles. The lowest BCUT2D eigenvalue weighted by Crippen LogP contribution is -2.44. The van der Waals surface area contributed by atoms with E-state index in [0.717, 1.165) is 56.3 Å². The highest BCUT2D eigenvalue weighted by atomic mass is 17.1. The first kappa shape index (κ1) is 42.5. The molecule has 1 aromatic rings. The van der Waals surface area contributed by atoms with Gasteiger partial charge in [-0.2, -0.15) is 0 Å². The van der Waals surface area contributed by atoms with Crippen molar-refractivity contribution in [3.05, 3.63) is 29.3 Å². The van der Waals surface area contributed by atoms with Crippen LogP contribution in [0.4, 0.5) is 9.59 Å². The normalized spacial score (nSPS) is 23.1. The lowest BCUT2D eigenvalue weighted by Gasteiger charge is -2.44. The summed E-state index contributed by atoms with van der Waals surface area (Å²) in [5.41, 5.74) is 1.41. The van der Waals surface area contributed by atoms with E-state index in [-0.39, 0.29) is 37.6 Å². The molecule has 282 valence electrons. The summed E-state index contributed by atoms with van der Waals surface area (Å²) in [7, 11) is 1.18. The summed E-state index contributed by atoms with van der Waals surface area (Å²) in [5.74, 6) is 2.13. The number of ether oxygens (including phenoxy) is 4. The Hall–Kier alpha value is -2.64. The van der Waals surface area contributed by atoms with Gasteiger partial charge in [-0.25, -0.2) is 14.5 Å². The molecule has 4 rings (SSSR count). The van der Waals surface area contributed by atoms with Crippen LogP contribution >= 0.6 is 0 Å². The Balaban J connectivity index is 0.000000315. The molecule has 0 aromatic heterocycles. The van der Waals surface area contributed by atoms with Crippen LogP contribution in [0.1, 0.15) is 110 Å². The highest BCUT2D eigenvalue weighted by molar-refractivity contribution is 5.67. The molecule has 0 radical (unpaired) electrons. The van der Waals surface area contributed by atoms with Crippen molar-refractivity contribution in [2.75, 3.05) is 33.4 Å². The minimum Gasteiger partial charge on any atom is -0.487 e. The first-order chi connectivity index (χ1) is 23.2. The third kappa shape index (κ3) is 16.7. The maximum atomic E-state index is 11.6. The van der Waals surface area contributed by atoms with E-state index >= 15 is 0 Å². The Kier molecular flexibility index (Phi) is 18.7. The number of carbonyl (C=O) groups excluding carboxylic acids is 2. The molecular weight excluding hydrogens is 632 g/mol. The zero-order valence-corrected chi connectivity index (χ0v) is 30.9. The SMILES string of the molecule is CC(C)(C)OC(=O)NCCCC1CCCC2CC[C@H](CO)OC12.CC(C)(C)OC(=O)NCCCc1cccc2c1O[C@@H](CO)CC2.COO. The summed E-state index contributed by atoms with van der Waals surface area (Å²) < 4.78 is 22.5. The summed E-state index contributed by atoms with van der Waals surface area (Å²) in [6.45, 7) is 12.5. The first-order valence-electron chi connectivity index (χ1n) is 18.0. The van der Waals surface area contributed by atoms with Gasteiger partial charge in [-0.3, -0.25) is 5.26 Å². The standard InChI is InChI=1S/C18H33NO4.C18H27NO4.CH4O2/c2*1-18(2,3)23-17(21)19-11-5-8-13-6-4-7-14-9-10-15(12-20)22-16(13)14;1-3-2/h13-16,20H,4-12H2,1-3H3,(H,19,21);4,6-7,15,20H,5,8-12H2,1-3H3,(H,19,21);2H,1H3/t13?,14?,15-,16?;15-;/m11./s1. The van der Waals surface area contributed by atoms with Gasteiger partial charge in [0, 0.05) is 13.1 Å². The second-order valence-corrected chi connectivity index (χ2v) is 15.1. The molecule has 2 amide bonds. The largest absolute Gasteiger partial charge is 0.487 e. The smallest absolute Gasteiger partial charge is 0.407 e. The van der Waals surface area contributed by atoms with Crippen molar-refractivity contribution in [2.45, 2.75) is 142 Å². The monoisotopic (exact) mass is 696 g/mol. The molecule has 0 spiro atoms. The molecule has 49 heavy (non-hydrogen) atoms. The van der Waals surface area contributed by atoms with Gasteiger partial charge in [-0.15, -0.1) is 0 Å². The third-order valence-corrected chi connectivity index (χ3v) is 8.60. The van der Waals surface area contributed by atoms with Crippen molar-refractivity contribution in [3.8, 4) is 5.75 Å². The van der Waals surface area contributed by atoms with Gasteiger partial charge in [-0.1, -0.05) is 24.6 Å². The number of aliphatic hydroxyl groups excluding tert-OH is 2. The number of aryl methyl sites for hydroxylation is 2. The van der Waals surface area contributed by atoms with Crippen LogP contribution in [0.15, 0.2) is 18.2 Å². The van der Waals surface area contributed by atoms with E-state index in [1.165, 1.54) is 38.4 Å². The van der Waals surface area contributed by atoms with Crippen LogP contribution in [-0.2, 0) is 31.9 Å². The van der Waals surface area contributed by atoms with Crippen LogP contribution in [0.25, 0.3) is 0 Å². The number of hydrogen-bond acceptors (Lipinski definition) is 10. The Morgan fingerprint density at radius 3 is 2.06 bits per heavy atom. The van der Waals surface area contributed by atoms with Crippen LogP contribution in [0.5, 0.6) is 5.75 Å². The van der Waals surface area contributed by atoms with E-state index in [9.17, 15) is 19.8 Å². The van der Waals surface area contributed by atoms with Gasteiger partial charge in [0.15, 0.2) is 0 Å². The van der Waals surface area contributed by atoms with Crippen molar-refractivity contribution in [3.63, 3.8) is 0 Å². The predicted molar refractivity (Wildman–Crippen MR) is 188 cm³/mol. The van der Waals surface area contributed by atoms with Crippen LogP contribution in [0.3, 0.4) is 0 Å². The molecule has 1 aromatic carbocycles. The van der Waals surface area contributed by atoms with Gasteiger partial charge in [0.2, 0.25) is 0 Å². The number of nitrogens with one attached hydrogen (secondary N) is 2. The molecule has 12 nitrogen and oxygen atoms in total. The van der Waals surface area contributed by atoms with Crippen molar-refractivity contribution in [2.24, 2.45) is 11.8 Å². The van der Waals surface area contributed by atoms with Gasteiger partial charge < -0.3 is 39.8 Å². The Morgan fingerprint density at radius 1 is 0.857 bits per heavy atom. The van der Waals surface area contributed by atoms with Crippen LogP contribution < -0.4 is 15.4 Å². The average molecular weight is 697 g/mol. The van der Waals surface area contributed by atoms with Crippen molar-refractivity contribution in [1.82, 2.24) is 10.6 Å². The van der Waals surface area contributed by atoms with E-state index in [2.05, 4.69) is 21.6 Å². The van der Waals surface area contributed by atoms with Crippen LogP contribution in [0, 0.1) is 11.8 Å². The Bertz CT molecular complexity index is 1100. The highest BCUT2D eigenvalue weighted by Gasteiger charge is 2.38. The fourth-order valence-electron chi connectivity index (χ4n) is 6.53. The van der Waals surface area contributed by atoms with E-state index < -0.39 is 11.2 Å². The van der Waals surface area contributed by atoms with E-state index in [0.29, 0.717) is 31.0 Å². The molecule has 5 atom stereocenters. The molecule has 2 heterocycles. The predicted octanol–water partition coefficient (Wildman–Crippen LogP) is 6.18. The summed E-state index contributed by atoms with van der Waals surface area (Å²) in [4.78, 5) is 26.5. The molecule has 1 saturated carbocycles. The lowest BCUT2D eigenvalue weighted by atomic mass is 9.73. The number of amides is 2. The minimum atomic E-state index is -0.476.